The first kappa shape index (κ1) is 20.5. The van der Waals surface area contributed by atoms with E-state index >= 15 is 0 Å². The lowest BCUT2D eigenvalue weighted by Gasteiger charge is -2.35. The van der Waals surface area contributed by atoms with Gasteiger partial charge in [0, 0.05) is 12.5 Å². The summed E-state index contributed by atoms with van der Waals surface area (Å²) in [5.41, 5.74) is 0.350. The van der Waals surface area contributed by atoms with Crippen LogP contribution in [0.4, 0.5) is 0 Å². The van der Waals surface area contributed by atoms with Crippen molar-refractivity contribution in [2.45, 2.75) is 83.8 Å². The van der Waals surface area contributed by atoms with E-state index < -0.39 is 17.2 Å². The van der Waals surface area contributed by atoms with Crippen molar-refractivity contribution >= 4 is 5.97 Å². The monoisotopic (exact) mass is 358 g/mol. The Morgan fingerprint density at radius 2 is 1.65 bits per heavy atom. The van der Waals surface area contributed by atoms with Gasteiger partial charge in [0.05, 0.1) is 0 Å². The SMILES string of the molecule is C=CC(=O)OC(C)(C)CC(C)(C)Oc1ccc(C2CCC(C)CC2)cc1. The van der Waals surface area contributed by atoms with Gasteiger partial charge in [-0.3, -0.25) is 0 Å². The molecule has 26 heavy (non-hydrogen) atoms. The molecule has 0 spiro atoms. The first-order valence-electron chi connectivity index (χ1n) is 9.75. The highest BCUT2D eigenvalue weighted by atomic mass is 16.6. The Bertz CT molecular complexity index is 605. The Kier molecular flexibility index (Phi) is 6.54. The Morgan fingerprint density at radius 1 is 1.08 bits per heavy atom. The van der Waals surface area contributed by atoms with Crippen molar-refractivity contribution in [3.8, 4) is 5.75 Å². The van der Waals surface area contributed by atoms with Crippen molar-refractivity contribution in [3.05, 3.63) is 42.5 Å². The molecule has 0 radical (unpaired) electrons. The second-order valence-electron chi connectivity index (χ2n) is 8.95. The van der Waals surface area contributed by atoms with E-state index in [1.807, 2.05) is 27.7 Å². The molecular weight excluding hydrogens is 324 g/mol. The fourth-order valence-corrected chi connectivity index (χ4v) is 4.13. The van der Waals surface area contributed by atoms with Crippen molar-refractivity contribution < 1.29 is 14.3 Å². The molecule has 1 aliphatic carbocycles. The normalized spacial score (nSPS) is 21.1. The van der Waals surface area contributed by atoms with Gasteiger partial charge in [-0.05, 0) is 70.1 Å². The average molecular weight is 359 g/mol. The summed E-state index contributed by atoms with van der Waals surface area (Å²) in [6.07, 6.45) is 7.01. The fourth-order valence-electron chi connectivity index (χ4n) is 4.13. The van der Waals surface area contributed by atoms with Gasteiger partial charge in [0.25, 0.3) is 0 Å². The molecule has 0 bridgehead atoms. The van der Waals surface area contributed by atoms with Crippen molar-refractivity contribution in [1.82, 2.24) is 0 Å². The van der Waals surface area contributed by atoms with Gasteiger partial charge in [0.15, 0.2) is 0 Å². The number of carbonyl (C=O) groups excluding carboxylic acids is 1. The lowest BCUT2D eigenvalue weighted by molar-refractivity contribution is -0.154. The smallest absolute Gasteiger partial charge is 0.330 e. The molecule has 3 heteroatoms. The molecule has 0 aromatic heterocycles. The zero-order valence-electron chi connectivity index (χ0n) is 17.0. The number of hydrogen-bond donors (Lipinski definition) is 0. The molecule has 1 saturated carbocycles. The third kappa shape index (κ3) is 6.19. The number of esters is 1. The molecule has 0 saturated heterocycles. The summed E-state index contributed by atoms with van der Waals surface area (Å²) in [7, 11) is 0. The van der Waals surface area contributed by atoms with Crippen LogP contribution >= 0.6 is 0 Å². The molecule has 0 atom stereocenters. The third-order valence-corrected chi connectivity index (χ3v) is 5.16. The van der Waals surface area contributed by atoms with Crippen molar-refractivity contribution in [1.29, 1.82) is 0 Å². The molecule has 0 amide bonds. The maximum Gasteiger partial charge on any atom is 0.330 e. The second-order valence-corrected chi connectivity index (χ2v) is 8.95. The largest absolute Gasteiger partial charge is 0.488 e. The number of rotatable bonds is 7. The highest BCUT2D eigenvalue weighted by molar-refractivity contribution is 5.81. The van der Waals surface area contributed by atoms with Crippen LogP contribution in [0.3, 0.4) is 0 Å². The second kappa shape index (κ2) is 8.28. The minimum atomic E-state index is -0.618. The maximum atomic E-state index is 11.5. The molecule has 3 nitrogen and oxygen atoms in total. The summed E-state index contributed by atoms with van der Waals surface area (Å²) in [5.74, 6) is 2.00. The first-order valence-corrected chi connectivity index (χ1v) is 9.75. The Balaban J connectivity index is 1.96. The van der Waals surface area contributed by atoms with Gasteiger partial charge in [0.1, 0.15) is 17.0 Å². The van der Waals surface area contributed by atoms with Crippen LogP contribution < -0.4 is 4.74 Å². The fraction of sp³-hybridized carbons (Fsp3) is 0.609. The van der Waals surface area contributed by atoms with Gasteiger partial charge < -0.3 is 9.47 Å². The van der Waals surface area contributed by atoms with E-state index in [0.29, 0.717) is 12.3 Å². The van der Waals surface area contributed by atoms with Gasteiger partial charge in [0.2, 0.25) is 0 Å². The molecule has 0 N–H and O–H groups in total. The number of benzene rings is 1. The van der Waals surface area contributed by atoms with Crippen LogP contribution in [0, 0.1) is 5.92 Å². The predicted molar refractivity (Wildman–Crippen MR) is 107 cm³/mol. The quantitative estimate of drug-likeness (QED) is 0.440. The zero-order chi connectivity index (χ0) is 19.4. The summed E-state index contributed by atoms with van der Waals surface area (Å²) in [6, 6.07) is 8.54. The van der Waals surface area contributed by atoms with Crippen LogP contribution in [0.1, 0.15) is 78.2 Å². The lowest BCUT2D eigenvalue weighted by Crippen LogP contribution is -2.40. The van der Waals surface area contributed by atoms with Gasteiger partial charge in [-0.1, -0.05) is 38.5 Å². The number of hydrogen-bond acceptors (Lipinski definition) is 3. The van der Waals surface area contributed by atoms with Crippen LogP contribution in [0.25, 0.3) is 0 Å². The molecule has 1 fully saturated rings. The van der Waals surface area contributed by atoms with Crippen molar-refractivity contribution in [2.24, 2.45) is 5.92 Å². The van der Waals surface area contributed by atoms with Crippen LogP contribution in [0.15, 0.2) is 36.9 Å². The van der Waals surface area contributed by atoms with E-state index in [2.05, 4.69) is 37.8 Å². The van der Waals surface area contributed by atoms with Crippen molar-refractivity contribution in [2.75, 3.05) is 0 Å². The van der Waals surface area contributed by atoms with E-state index in [1.54, 1.807) is 0 Å². The summed E-state index contributed by atoms with van der Waals surface area (Å²) >= 11 is 0. The summed E-state index contributed by atoms with van der Waals surface area (Å²) in [6.45, 7) is 13.6. The van der Waals surface area contributed by atoms with Crippen LogP contribution in [0.5, 0.6) is 5.75 Å². The van der Waals surface area contributed by atoms with Gasteiger partial charge >= 0.3 is 5.97 Å². The van der Waals surface area contributed by atoms with E-state index in [9.17, 15) is 4.79 Å². The minimum absolute atomic E-state index is 0.406. The standard InChI is InChI=1S/C23H34O3/c1-7-21(24)26-23(5,6)16-22(3,4)25-20-14-12-19(13-15-20)18-10-8-17(2)9-11-18/h7,12-15,17-18H,1,8-11,16H2,2-6H3. The van der Waals surface area contributed by atoms with Crippen LogP contribution in [-0.4, -0.2) is 17.2 Å². The topological polar surface area (TPSA) is 35.5 Å². The summed E-state index contributed by atoms with van der Waals surface area (Å²) in [4.78, 5) is 11.5. The molecule has 1 aromatic rings. The van der Waals surface area contributed by atoms with Gasteiger partial charge in [-0.15, -0.1) is 0 Å². The van der Waals surface area contributed by atoms with E-state index in [0.717, 1.165) is 11.7 Å². The predicted octanol–water partition coefficient (Wildman–Crippen LogP) is 6.04. The average Bonchev–Trinajstić information content (AvgIpc) is 2.54. The third-order valence-electron chi connectivity index (χ3n) is 5.16. The van der Waals surface area contributed by atoms with Crippen molar-refractivity contribution in [3.63, 3.8) is 0 Å². The van der Waals surface area contributed by atoms with Gasteiger partial charge in [-0.25, -0.2) is 4.79 Å². The summed E-state index contributed by atoms with van der Waals surface area (Å²) < 4.78 is 11.6. The van der Waals surface area contributed by atoms with E-state index in [-0.39, 0.29) is 0 Å². The Hall–Kier alpha value is -1.77. The molecule has 0 unspecified atom stereocenters. The molecule has 1 aliphatic rings. The molecule has 2 rings (SSSR count). The molecule has 144 valence electrons. The molecule has 0 heterocycles. The Labute approximate surface area is 158 Å². The van der Waals surface area contributed by atoms with Crippen LogP contribution in [-0.2, 0) is 9.53 Å². The zero-order valence-corrected chi connectivity index (χ0v) is 17.0. The Morgan fingerprint density at radius 3 is 2.19 bits per heavy atom. The number of carbonyl (C=O) groups is 1. The van der Waals surface area contributed by atoms with E-state index in [4.69, 9.17) is 9.47 Å². The minimum Gasteiger partial charge on any atom is -0.488 e. The highest BCUT2D eigenvalue weighted by Gasteiger charge is 2.33. The highest BCUT2D eigenvalue weighted by Crippen LogP contribution is 2.36. The van der Waals surface area contributed by atoms with Gasteiger partial charge in [-0.2, -0.15) is 0 Å². The van der Waals surface area contributed by atoms with E-state index in [1.165, 1.54) is 37.3 Å². The maximum absolute atomic E-state index is 11.5. The molecular formula is C23H34O3. The molecule has 1 aromatic carbocycles. The summed E-state index contributed by atoms with van der Waals surface area (Å²) in [5, 5.41) is 0. The lowest BCUT2D eigenvalue weighted by atomic mass is 9.79. The molecule has 0 aliphatic heterocycles. The van der Waals surface area contributed by atoms with Crippen LogP contribution in [0.2, 0.25) is 0 Å². The first-order chi connectivity index (χ1) is 12.1. The number of ether oxygens (including phenoxy) is 2.